The first-order chi connectivity index (χ1) is 8.10. The summed E-state index contributed by atoms with van der Waals surface area (Å²) in [4.78, 5) is 9.90. The number of rotatable bonds is 6. The predicted octanol–water partition coefficient (Wildman–Crippen LogP) is -3.94. The van der Waals surface area contributed by atoms with E-state index in [1.54, 1.807) is 0 Å². The van der Waals surface area contributed by atoms with Crippen molar-refractivity contribution in [3.8, 4) is 0 Å². The van der Waals surface area contributed by atoms with Gasteiger partial charge in [-0.05, 0) is 0 Å². The summed E-state index contributed by atoms with van der Waals surface area (Å²) in [6.45, 7) is -0.760. The van der Waals surface area contributed by atoms with Crippen LogP contribution in [0.15, 0.2) is 0 Å². The van der Waals surface area contributed by atoms with E-state index in [1.165, 1.54) is 0 Å². The van der Waals surface area contributed by atoms with Crippen LogP contribution in [0.3, 0.4) is 0 Å². The third-order valence-electron chi connectivity index (χ3n) is 1.63. The fraction of sp³-hybridized carbons (Fsp3) is 0.857. The number of aliphatic hydroxyl groups excluding tert-OH is 5. The van der Waals surface area contributed by atoms with Gasteiger partial charge in [0, 0.05) is 0 Å². The van der Waals surface area contributed by atoms with Gasteiger partial charge in [-0.3, -0.25) is 8.74 Å². The molecule has 0 heterocycles. The SMILES string of the molecule is COS(=O)(=O)O.O=C[C@H](O)[C@@H](O)[C@H](O)[C@H](O)CO. The highest BCUT2D eigenvalue weighted by atomic mass is 32.3. The monoisotopic (exact) mass is 292 g/mol. The summed E-state index contributed by atoms with van der Waals surface area (Å²) >= 11 is 0. The van der Waals surface area contributed by atoms with Gasteiger partial charge in [-0.2, -0.15) is 8.42 Å². The van der Waals surface area contributed by atoms with E-state index in [1.807, 2.05) is 0 Å². The van der Waals surface area contributed by atoms with Crippen molar-refractivity contribution >= 4 is 16.7 Å². The smallest absolute Gasteiger partial charge is 0.394 e. The first-order valence-electron chi connectivity index (χ1n) is 4.42. The second-order valence-corrected chi connectivity index (χ2v) is 4.14. The van der Waals surface area contributed by atoms with Crippen LogP contribution in [0.4, 0.5) is 0 Å². The van der Waals surface area contributed by atoms with Gasteiger partial charge in [0.1, 0.15) is 24.4 Å². The van der Waals surface area contributed by atoms with Gasteiger partial charge in [-0.25, -0.2) is 0 Å². The molecule has 11 heteroatoms. The number of aliphatic hydroxyl groups is 5. The molecule has 0 rings (SSSR count). The minimum absolute atomic E-state index is 0.0258. The first-order valence-corrected chi connectivity index (χ1v) is 5.78. The Bertz CT molecular complexity index is 314. The highest BCUT2D eigenvalue weighted by Gasteiger charge is 2.29. The van der Waals surface area contributed by atoms with E-state index in [2.05, 4.69) is 4.18 Å². The molecule has 0 bridgehead atoms. The number of aldehydes is 1. The molecule has 0 aromatic carbocycles. The third kappa shape index (κ3) is 9.38. The first kappa shape index (κ1) is 19.7. The van der Waals surface area contributed by atoms with Crippen molar-refractivity contribution in [2.45, 2.75) is 24.4 Å². The highest BCUT2D eigenvalue weighted by Crippen LogP contribution is 2.02. The Kier molecular flexibility index (Phi) is 10.2. The van der Waals surface area contributed by atoms with Crippen LogP contribution in [-0.4, -0.2) is 82.9 Å². The number of carbonyl (C=O) groups excluding carboxylic acids is 1. The number of hydrogen-bond acceptors (Lipinski definition) is 9. The summed E-state index contributed by atoms with van der Waals surface area (Å²) < 4.78 is 29.7. The van der Waals surface area contributed by atoms with E-state index < -0.39 is 41.4 Å². The molecule has 10 nitrogen and oxygen atoms in total. The molecule has 0 aliphatic rings. The van der Waals surface area contributed by atoms with Crippen LogP contribution in [0.1, 0.15) is 0 Å². The molecule has 18 heavy (non-hydrogen) atoms. The zero-order valence-corrected chi connectivity index (χ0v) is 10.1. The van der Waals surface area contributed by atoms with Crippen molar-refractivity contribution in [1.82, 2.24) is 0 Å². The molecular formula is C7H16O10S. The quantitative estimate of drug-likeness (QED) is 0.209. The molecule has 6 N–H and O–H groups in total. The average Bonchev–Trinajstić information content (AvgIpc) is 2.34. The topological polar surface area (TPSA) is 182 Å². The van der Waals surface area contributed by atoms with E-state index in [4.69, 9.17) is 30.1 Å². The number of hydrogen-bond donors (Lipinski definition) is 6. The van der Waals surface area contributed by atoms with Crippen LogP contribution in [0, 0.1) is 0 Å². The lowest BCUT2D eigenvalue weighted by molar-refractivity contribution is -0.136. The Morgan fingerprint density at radius 3 is 1.78 bits per heavy atom. The third-order valence-corrected chi connectivity index (χ3v) is 2.05. The Morgan fingerprint density at radius 2 is 1.56 bits per heavy atom. The minimum atomic E-state index is -4.16. The maximum absolute atomic E-state index is 9.90. The summed E-state index contributed by atoms with van der Waals surface area (Å²) in [6, 6.07) is 0. The minimum Gasteiger partial charge on any atom is -0.394 e. The maximum atomic E-state index is 9.90. The van der Waals surface area contributed by atoms with E-state index in [0.717, 1.165) is 7.11 Å². The predicted molar refractivity (Wildman–Crippen MR) is 55.7 cm³/mol. The Balaban J connectivity index is 0. The van der Waals surface area contributed by atoms with E-state index in [-0.39, 0.29) is 6.29 Å². The molecule has 0 saturated heterocycles. The maximum Gasteiger partial charge on any atom is 0.397 e. The fourth-order valence-electron chi connectivity index (χ4n) is 0.618. The average molecular weight is 292 g/mol. The molecule has 0 amide bonds. The highest BCUT2D eigenvalue weighted by molar-refractivity contribution is 7.80. The lowest BCUT2D eigenvalue weighted by Gasteiger charge is -2.22. The zero-order chi connectivity index (χ0) is 14.9. The van der Waals surface area contributed by atoms with Gasteiger partial charge in [0.2, 0.25) is 0 Å². The van der Waals surface area contributed by atoms with Gasteiger partial charge in [0.15, 0.2) is 6.29 Å². The summed E-state index contributed by atoms with van der Waals surface area (Å²) in [6.07, 6.45) is -6.84. The molecule has 0 fully saturated rings. The van der Waals surface area contributed by atoms with Crippen molar-refractivity contribution in [2.24, 2.45) is 0 Å². The van der Waals surface area contributed by atoms with Gasteiger partial charge in [-0.1, -0.05) is 0 Å². The van der Waals surface area contributed by atoms with Gasteiger partial charge in [-0.15, -0.1) is 0 Å². The summed E-state index contributed by atoms with van der Waals surface area (Å²) in [5.74, 6) is 0. The molecule has 0 saturated carbocycles. The lowest BCUT2D eigenvalue weighted by Crippen LogP contribution is -2.46. The molecule has 0 aliphatic carbocycles. The molecule has 0 aromatic heterocycles. The fourth-order valence-corrected chi connectivity index (χ4v) is 0.618. The molecule has 0 aromatic rings. The molecule has 0 unspecified atom stereocenters. The molecule has 110 valence electrons. The lowest BCUT2D eigenvalue weighted by atomic mass is 10.0. The van der Waals surface area contributed by atoms with Crippen molar-refractivity contribution in [3.63, 3.8) is 0 Å². The van der Waals surface area contributed by atoms with Crippen molar-refractivity contribution in [3.05, 3.63) is 0 Å². The van der Waals surface area contributed by atoms with E-state index >= 15 is 0 Å². The Labute approximate surface area is 103 Å². The summed E-state index contributed by atoms with van der Waals surface area (Å²) in [5, 5.41) is 43.5. The largest absolute Gasteiger partial charge is 0.397 e. The van der Waals surface area contributed by atoms with Gasteiger partial charge < -0.3 is 30.3 Å². The van der Waals surface area contributed by atoms with E-state index in [0.29, 0.717) is 0 Å². The van der Waals surface area contributed by atoms with Crippen molar-refractivity contribution in [2.75, 3.05) is 13.7 Å². The Morgan fingerprint density at radius 1 is 1.17 bits per heavy atom. The summed E-state index contributed by atoms with van der Waals surface area (Å²) in [5.41, 5.74) is 0. The van der Waals surface area contributed by atoms with Crippen LogP contribution >= 0.6 is 0 Å². The normalized spacial score (nSPS) is 17.9. The van der Waals surface area contributed by atoms with Crippen molar-refractivity contribution < 1.29 is 47.5 Å². The molecular weight excluding hydrogens is 276 g/mol. The molecule has 0 aliphatic heterocycles. The van der Waals surface area contributed by atoms with Gasteiger partial charge in [0.25, 0.3) is 0 Å². The van der Waals surface area contributed by atoms with Crippen LogP contribution in [0.25, 0.3) is 0 Å². The standard InChI is InChI=1S/C6H12O6.CH4O4S/c7-1-3(9)5(11)6(12)4(10)2-8;1-5-6(2,3)4/h1,3-6,8-12H,2H2;1H3,(H,2,3,4)/t3-,4+,5+,6+;/m0./s1. The number of carbonyl (C=O) groups is 1. The molecule has 4 atom stereocenters. The van der Waals surface area contributed by atoms with Crippen LogP contribution < -0.4 is 0 Å². The molecule has 0 spiro atoms. The second kappa shape index (κ2) is 9.29. The van der Waals surface area contributed by atoms with Crippen LogP contribution in [0.5, 0.6) is 0 Å². The van der Waals surface area contributed by atoms with Crippen LogP contribution in [-0.2, 0) is 19.4 Å². The zero-order valence-electron chi connectivity index (χ0n) is 9.32. The van der Waals surface area contributed by atoms with Crippen LogP contribution in [0.2, 0.25) is 0 Å². The van der Waals surface area contributed by atoms with Crippen molar-refractivity contribution in [1.29, 1.82) is 0 Å². The van der Waals surface area contributed by atoms with Gasteiger partial charge in [0.05, 0.1) is 13.7 Å². The Hall–Kier alpha value is -0.660. The van der Waals surface area contributed by atoms with Gasteiger partial charge >= 0.3 is 10.4 Å². The van der Waals surface area contributed by atoms with E-state index in [9.17, 15) is 13.2 Å². The second-order valence-electron chi connectivity index (χ2n) is 2.95. The molecule has 0 radical (unpaired) electrons. The summed E-state index contributed by atoms with van der Waals surface area (Å²) in [7, 11) is -3.29.